The molecule has 0 saturated heterocycles. The van der Waals surface area contributed by atoms with Crippen LogP contribution in [0.1, 0.15) is 42.9 Å². The molecule has 3 aromatic carbocycles. The molecule has 0 aromatic heterocycles. The zero-order valence-corrected chi connectivity index (χ0v) is 24.0. The Morgan fingerprint density at radius 2 is 1.40 bits per heavy atom. The van der Waals surface area contributed by atoms with Crippen LogP contribution in [-0.4, -0.2) is 12.5 Å². The second-order valence-corrected chi connectivity index (χ2v) is 10.3. The van der Waals surface area contributed by atoms with E-state index in [2.05, 4.69) is 21.3 Å². The quantitative estimate of drug-likeness (QED) is 0.127. The van der Waals surface area contributed by atoms with Gasteiger partial charge in [0.15, 0.2) is 11.6 Å². The first-order chi connectivity index (χ1) is 22.0. The molecule has 4 rings (SSSR count). The van der Waals surface area contributed by atoms with Crippen LogP contribution >= 0.6 is 0 Å². The average molecular weight is 679 g/mol. The van der Waals surface area contributed by atoms with Gasteiger partial charge in [0.05, 0.1) is 11.1 Å². The first-order valence-corrected chi connectivity index (χ1v) is 13.8. The minimum Gasteiger partial charge on any atom is -0.429 e. The number of aryl methyl sites for hydroxylation is 1. The van der Waals surface area contributed by atoms with Gasteiger partial charge in [0.1, 0.15) is 41.1 Å². The largest absolute Gasteiger partial charge is 0.573 e. The monoisotopic (exact) mass is 678 g/mol. The first-order valence-electron chi connectivity index (χ1n) is 13.8. The molecule has 0 amide bonds. The number of alkyl halides is 6. The lowest BCUT2D eigenvalue weighted by Gasteiger charge is -2.23. The fourth-order valence-electron chi connectivity index (χ4n) is 4.62. The summed E-state index contributed by atoms with van der Waals surface area (Å²) in [4.78, 5) is 0. The predicted octanol–water partition coefficient (Wildman–Crippen LogP) is 10.5. The number of hydrogen-bond acceptors (Lipinski definition) is 2. The Bertz CT molecular complexity index is 1720. The fourth-order valence-corrected chi connectivity index (χ4v) is 4.62. The second-order valence-electron chi connectivity index (χ2n) is 10.3. The van der Waals surface area contributed by atoms with Crippen molar-refractivity contribution in [3.05, 3.63) is 112 Å². The van der Waals surface area contributed by atoms with Gasteiger partial charge in [0.25, 0.3) is 0 Å². The van der Waals surface area contributed by atoms with Gasteiger partial charge >= 0.3 is 12.5 Å². The molecule has 3 aromatic rings. The van der Waals surface area contributed by atoms with Crippen molar-refractivity contribution >= 4 is 0 Å². The summed E-state index contributed by atoms with van der Waals surface area (Å²) in [5, 5.41) is 0. The zero-order chi connectivity index (χ0) is 34.7. The van der Waals surface area contributed by atoms with Gasteiger partial charge in [-0.05, 0) is 66.4 Å². The summed E-state index contributed by atoms with van der Waals surface area (Å²) in [6.07, 6.45) is -8.39. The summed E-state index contributed by atoms with van der Waals surface area (Å²) in [6.45, 7) is 1.96. The predicted molar refractivity (Wildman–Crippen MR) is 146 cm³/mol. The highest BCUT2D eigenvalue weighted by Gasteiger charge is 2.40. The lowest BCUT2D eigenvalue weighted by molar-refractivity contribution is -0.276. The molecule has 2 unspecified atom stereocenters. The number of ether oxygens (including phenoxy) is 2. The number of halogens is 12. The molecule has 0 radical (unpaired) electrons. The van der Waals surface area contributed by atoms with Gasteiger partial charge < -0.3 is 9.47 Å². The third kappa shape index (κ3) is 8.64. The van der Waals surface area contributed by atoms with E-state index < -0.39 is 93.2 Å². The SMILES string of the molecule is CCCCCc1ccc(C(F)(F)OC2=CC(F)C(C#Cc3cc(F)c(-c4cc(F)c(OC(F)(F)F)c(F)c4)c(F)c3)C(F)=C2)c(F)c1. The molecule has 0 saturated carbocycles. The molecule has 0 N–H and O–H groups in total. The van der Waals surface area contributed by atoms with Crippen molar-refractivity contribution < 1.29 is 62.2 Å². The standard InChI is InChI=1S/C33H22F12O2/c1-2-3-4-5-17-7-9-22(25(36)10-17)32(41,42)46-20-15-23(34)21(24(35)16-20)8-6-18-11-26(37)30(27(38)12-18)19-13-28(39)31(29(40)14-19)47-33(43,44)45/h7,9-16,21,23H,2-5H2,1H3. The number of rotatable bonds is 9. The molecule has 2 nitrogen and oxygen atoms in total. The Morgan fingerprint density at radius 1 is 0.766 bits per heavy atom. The molecule has 47 heavy (non-hydrogen) atoms. The summed E-state index contributed by atoms with van der Waals surface area (Å²) >= 11 is 0. The van der Waals surface area contributed by atoms with E-state index >= 15 is 0 Å². The van der Waals surface area contributed by atoms with Crippen LogP contribution in [0.25, 0.3) is 11.1 Å². The van der Waals surface area contributed by atoms with Crippen LogP contribution < -0.4 is 4.74 Å². The van der Waals surface area contributed by atoms with E-state index in [1.807, 2.05) is 6.92 Å². The summed E-state index contributed by atoms with van der Waals surface area (Å²) in [6, 6.07) is 4.46. The molecule has 2 atom stereocenters. The third-order valence-electron chi connectivity index (χ3n) is 6.80. The first kappa shape index (κ1) is 35.3. The third-order valence-corrected chi connectivity index (χ3v) is 6.80. The molecule has 250 valence electrons. The van der Waals surface area contributed by atoms with E-state index in [-0.39, 0.29) is 12.1 Å². The lowest BCUT2D eigenvalue weighted by Crippen LogP contribution is -2.23. The maximum absolute atomic E-state index is 14.8. The van der Waals surface area contributed by atoms with Gasteiger partial charge in [-0.3, -0.25) is 0 Å². The van der Waals surface area contributed by atoms with Crippen LogP contribution in [0.15, 0.2) is 66.2 Å². The van der Waals surface area contributed by atoms with Crippen molar-refractivity contribution in [2.45, 2.75) is 51.2 Å². The topological polar surface area (TPSA) is 18.5 Å². The fraction of sp³-hybridized carbons (Fsp3) is 0.273. The van der Waals surface area contributed by atoms with Crippen molar-refractivity contribution in [2.75, 3.05) is 0 Å². The summed E-state index contributed by atoms with van der Waals surface area (Å²) in [5.74, 6) is -10.1. The molecule has 0 heterocycles. The van der Waals surface area contributed by atoms with Gasteiger partial charge in [0.2, 0.25) is 5.75 Å². The molecular weight excluding hydrogens is 656 g/mol. The Hall–Kier alpha value is -4.54. The lowest BCUT2D eigenvalue weighted by atomic mass is 9.96. The minimum atomic E-state index is -5.46. The molecule has 0 spiro atoms. The van der Waals surface area contributed by atoms with E-state index in [1.54, 1.807) is 0 Å². The molecule has 14 heteroatoms. The van der Waals surface area contributed by atoms with Crippen LogP contribution in [0.4, 0.5) is 52.7 Å². The Morgan fingerprint density at radius 3 is 1.96 bits per heavy atom. The van der Waals surface area contributed by atoms with Gasteiger partial charge in [0, 0.05) is 11.6 Å². The minimum absolute atomic E-state index is 0.195. The number of hydrogen-bond donors (Lipinski definition) is 0. The normalized spacial score (nSPS) is 16.6. The van der Waals surface area contributed by atoms with Gasteiger partial charge in [-0.2, -0.15) is 8.78 Å². The van der Waals surface area contributed by atoms with Crippen LogP contribution in [0, 0.1) is 46.8 Å². The highest BCUT2D eigenvalue weighted by atomic mass is 19.4. The van der Waals surface area contributed by atoms with Crippen LogP contribution in [0.5, 0.6) is 5.75 Å². The maximum atomic E-state index is 14.8. The van der Waals surface area contributed by atoms with Crippen LogP contribution in [-0.2, 0) is 17.3 Å². The summed E-state index contributed by atoms with van der Waals surface area (Å²) in [7, 11) is 0. The molecule has 0 aliphatic heterocycles. The van der Waals surface area contributed by atoms with Crippen molar-refractivity contribution in [3.8, 4) is 28.7 Å². The average Bonchev–Trinajstić information content (AvgIpc) is 2.93. The van der Waals surface area contributed by atoms with E-state index in [0.717, 1.165) is 31.4 Å². The number of benzene rings is 3. The molecule has 0 fully saturated rings. The Kier molecular flexibility index (Phi) is 10.6. The molecule has 0 bridgehead atoms. The van der Waals surface area contributed by atoms with Gasteiger partial charge in [-0.25, -0.2) is 30.7 Å². The van der Waals surface area contributed by atoms with E-state index in [4.69, 9.17) is 0 Å². The van der Waals surface area contributed by atoms with Crippen LogP contribution in [0.3, 0.4) is 0 Å². The van der Waals surface area contributed by atoms with Crippen molar-refractivity contribution in [1.82, 2.24) is 0 Å². The molecule has 1 aliphatic rings. The second kappa shape index (κ2) is 14.1. The summed E-state index contributed by atoms with van der Waals surface area (Å²) in [5.41, 5.74) is -3.10. The highest BCUT2D eigenvalue weighted by Crippen LogP contribution is 2.38. The Labute approximate surface area is 260 Å². The Balaban J connectivity index is 1.50. The van der Waals surface area contributed by atoms with Crippen molar-refractivity contribution in [3.63, 3.8) is 0 Å². The van der Waals surface area contributed by atoms with E-state index in [1.165, 1.54) is 6.07 Å². The van der Waals surface area contributed by atoms with Crippen molar-refractivity contribution in [1.29, 1.82) is 0 Å². The van der Waals surface area contributed by atoms with E-state index in [0.29, 0.717) is 36.3 Å². The zero-order valence-electron chi connectivity index (χ0n) is 24.0. The molecular formula is C33H22F12O2. The highest BCUT2D eigenvalue weighted by molar-refractivity contribution is 5.67. The van der Waals surface area contributed by atoms with Crippen molar-refractivity contribution in [2.24, 2.45) is 5.92 Å². The maximum Gasteiger partial charge on any atom is 0.573 e. The number of unbranched alkanes of at least 4 members (excludes halogenated alkanes) is 2. The van der Waals surface area contributed by atoms with E-state index in [9.17, 15) is 52.7 Å². The van der Waals surface area contributed by atoms with Gasteiger partial charge in [-0.1, -0.05) is 37.7 Å². The smallest absolute Gasteiger partial charge is 0.429 e. The van der Waals surface area contributed by atoms with Crippen LogP contribution in [0.2, 0.25) is 0 Å². The molecule has 1 aliphatic carbocycles. The number of allylic oxidation sites excluding steroid dienone is 3. The van der Waals surface area contributed by atoms with Gasteiger partial charge in [-0.15, -0.1) is 13.2 Å². The summed E-state index contributed by atoms with van der Waals surface area (Å²) < 4.78 is 176.